The van der Waals surface area contributed by atoms with Gasteiger partial charge in [-0.2, -0.15) is 0 Å². The smallest absolute Gasteiger partial charge is 0.338 e. The maximum atomic E-state index is 12.2. The summed E-state index contributed by atoms with van der Waals surface area (Å²) in [5.41, 5.74) is 3.28. The van der Waals surface area contributed by atoms with Gasteiger partial charge in [-0.05, 0) is 61.2 Å². The number of rotatable bonds is 10. The third kappa shape index (κ3) is 8.97. The van der Waals surface area contributed by atoms with Gasteiger partial charge in [0.15, 0.2) is 6.61 Å². The molecule has 34 heavy (non-hydrogen) atoms. The highest BCUT2D eigenvalue weighted by molar-refractivity contribution is 9.10. The van der Waals surface area contributed by atoms with Crippen molar-refractivity contribution in [1.29, 1.82) is 0 Å². The van der Waals surface area contributed by atoms with Crippen LogP contribution in [0.4, 0.5) is 11.4 Å². The minimum atomic E-state index is -0.667. The average molecular weight is 533 g/mol. The first-order chi connectivity index (χ1) is 16.0. The number of carbonyl (C=O) groups is 4. The summed E-state index contributed by atoms with van der Waals surface area (Å²) < 4.78 is 11.1. The maximum absolute atomic E-state index is 12.2. The summed E-state index contributed by atoms with van der Waals surface area (Å²) in [6, 6.07) is 9.97. The van der Waals surface area contributed by atoms with Crippen LogP contribution >= 0.6 is 15.9 Å². The van der Waals surface area contributed by atoms with Crippen molar-refractivity contribution in [3.05, 3.63) is 57.6 Å². The number of anilines is 2. The minimum absolute atomic E-state index is 0.131. The molecule has 0 unspecified atom stereocenters. The van der Waals surface area contributed by atoms with Crippen LogP contribution in [0, 0.1) is 19.8 Å². The minimum Gasteiger partial charge on any atom is -0.462 e. The van der Waals surface area contributed by atoms with Crippen molar-refractivity contribution in [2.45, 2.75) is 40.5 Å². The molecule has 0 aliphatic heterocycles. The highest BCUT2D eigenvalue weighted by Gasteiger charge is 2.13. The number of halogens is 1. The summed E-state index contributed by atoms with van der Waals surface area (Å²) in [7, 11) is 0. The van der Waals surface area contributed by atoms with E-state index in [1.807, 2.05) is 27.7 Å². The molecule has 0 heterocycles. The summed E-state index contributed by atoms with van der Waals surface area (Å²) in [6.07, 6.45) is -0.320. The Hall–Kier alpha value is -3.20. The summed E-state index contributed by atoms with van der Waals surface area (Å²) >= 11 is 3.46. The molecule has 0 aliphatic carbocycles. The topological polar surface area (TPSA) is 111 Å². The molecular weight excluding hydrogens is 504 g/mol. The quantitative estimate of drug-likeness (QED) is 0.426. The Morgan fingerprint density at radius 1 is 0.882 bits per heavy atom. The standard InChI is InChI=1S/C25H29BrN2O6/c1-15(2)13-34-25(32)18-6-5-7-19(12-18)27-21(29)8-9-23(31)33-14-22(30)28-20-10-16(3)24(26)17(4)11-20/h5-7,10-12,15H,8-9,13-14H2,1-4H3,(H,27,29)(H,28,30). The lowest BCUT2D eigenvalue weighted by Crippen LogP contribution is -2.22. The van der Waals surface area contributed by atoms with E-state index in [4.69, 9.17) is 9.47 Å². The van der Waals surface area contributed by atoms with Crippen LogP contribution in [0.25, 0.3) is 0 Å². The van der Waals surface area contributed by atoms with Crippen molar-refractivity contribution in [2.75, 3.05) is 23.8 Å². The first kappa shape index (κ1) is 27.0. The Morgan fingerprint density at radius 3 is 2.18 bits per heavy atom. The van der Waals surface area contributed by atoms with E-state index >= 15 is 0 Å². The van der Waals surface area contributed by atoms with Gasteiger partial charge in [0.1, 0.15) is 0 Å². The second-order valence-corrected chi connectivity index (χ2v) is 9.05. The Bertz CT molecular complexity index is 1040. The normalized spacial score (nSPS) is 10.5. The summed E-state index contributed by atoms with van der Waals surface area (Å²) in [6.45, 7) is 7.54. The number of aryl methyl sites for hydroxylation is 2. The van der Waals surface area contributed by atoms with Gasteiger partial charge in [-0.15, -0.1) is 0 Å². The Kier molecular flexibility index (Phi) is 10.2. The van der Waals surface area contributed by atoms with Gasteiger partial charge in [0.25, 0.3) is 5.91 Å². The van der Waals surface area contributed by atoms with Crippen molar-refractivity contribution in [2.24, 2.45) is 5.92 Å². The van der Waals surface area contributed by atoms with Gasteiger partial charge < -0.3 is 20.1 Å². The number of amides is 2. The Morgan fingerprint density at radius 2 is 1.53 bits per heavy atom. The summed E-state index contributed by atoms with van der Waals surface area (Å²) in [4.78, 5) is 48.2. The molecule has 9 heteroatoms. The van der Waals surface area contributed by atoms with E-state index in [2.05, 4.69) is 26.6 Å². The monoisotopic (exact) mass is 532 g/mol. The first-order valence-electron chi connectivity index (χ1n) is 10.8. The second kappa shape index (κ2) is 12.9. The Labute approximate surface area is 207 Å². The van der Waals surface area contributed by atoms with Crippen LogP contribution in [0.1, 0.15) is 48.2 Å². The van der Waals surface area contributed by atoms with Crippen molar-refractivity contribution < 1.29 is 28.7 Å². The lowest BCUT2D eigenvalue weighted by molar-refractivity contribution is -0.147. The van der Waals surface area contributed by atoms with E-state index in [0.717, 1.165) is 15.6 Å². The molecule has 0 aromatic heterocycles. The molecule has 2 N–H and O–H groups in total. The van der Waals surface area contributed by atoms with Crippen molar-refractivity contribution in [3.63, 3.8) is 0 Å². The van der Waals surface area contributed by atoms with Crippen molar-refractivity contribution in [1.82, 2.24) is 0 Å². The van der Waals surface area contributed by atoms with Crippen molar-refractivity contribution in [3.8, 4) is 0 Å². The van der Waals surface area contributed by atoms with E-state index in [1.54, 1.807) is 30.3 Å². The van der Waals surface area contributed by atoms with Gasteiger partial charge >= 0.3 is 11.9 Å². The van der Waals surface area contributed by atoms with E-state index in [9.17, 15) is 19.2 Å². The number of hydrogen-bond acceptors (Lipinski definition) is 6. The zero-order chi connectivity index (χ0) is 25.3. The molecule has 0 aliphatic rings. The fourth-order valence-corrected chi connectivity index (χ4v) is 3.15. The van der Waals surface area contributed by atoms with Crippen LogP contribution in [0.2, 0.25) is 0 Å². The zero-order valence-corrected chi connectivity index (χ0v) is 21.3. The predicted octanol–water partition coefficient (Wildman–Crippen LogP) is 4.78. The highest BCUT2D eigenvalue weighted by atomic mass is 79.9. The fourth-order valence-electron chi connectivity index (χ4n) is 2.92. The maximum Gasteiger partial charge on any atom is 0.338 e. The summed E-state index contributed by atoms with van der Waals surface area (Å²) in [5.74, 6) is -1.82. The molecule has 2 aromatic carbocycles. The molecule has 2 amide bonds. The molecule has 0 radical (unpaired) electrons. The number of carbonyl (C=O) groups excluding carboxylic acids is 4. The number of ether oxygens (including phenoxy) is 2. The number of benzene rings is 2. The molecule has 0 bridgehead atoms. The fraction of sp³-hybridized carbons (Fsp3) is 0.360. The van der Waals surface area contributed by atoms with Gasteiger partial charge in [0.2, 0.25) is 5.91 Å². The van der Waals surface area contributed by atoms with Crippen LogP contribution in [0.5, 0.6) is 0 Å². The molecule has 0 saturated heterocycles. The lowest BCUT2D eigenvalue weighted by Gasteiger charge is -2.10. The number of hydrogen-bond donors (Lipinski definition) is 2. The third-order valence-corrected chi connectivity index (χ3v) is 5.82. The molecule has 0 atom stereocenters. The molecule has 0 fully saturated rings. The molecule has 2 rings (SSSR count). The van der Waals surface area contributed by atoms with Gasteiger partial charge in [0.05, 0.1) is 18.6 Å². The molecule has 0 saturated carbocycles. The SMILES string of the molecule is Cc1cc(NC(=O)COC(=O)CCC(=O)Nc2cccc(C(=O)OCC(C)C)c2)cc(C)c1Br. The number of nitrogens with one attached hydrogen (secondary N) is 2. The molecule has 182 valence electrons. The number of esters is 2. The van der Waals surface area contributed by atoms with E-state index in [0.29, 0.717) is 23.5 Å². The summed E-state index contributed by atoms with van der Waals surface area (Å²) in [5, 5.41) is 5.31. The van der Waals surface area contributed by atoms with Crippen LogP contribution < -0.4 is 10.6 Å². The molecule has 8 nitrogen and oxygen atoms in total. The van der Waals surface area contributed by atoms with E-state index in [-0.39, 0.29) is 18.8 Å². The molecular formula is C25H29BrN2O6. The highest BCUT2D eigenvalue weighted by Crippen LogP contribution is 2.25. The van der Waals surface area contributed by atoms with Gasteiger partial charge in [-0.1, -0.05) is 35.8 Å². The van der Waals surface area contributed by atoms with Gasteiger partial charge in [-0.3, -0.25) is 14.4 Å². The Balaban J connectivity index is 1.76. The van der Waals surface area contributed by atoms with E-state index < -0.39 is 30.4 Å². The molecule has 2 aromatic rings. The van der Waals surface area contributed by atoms with Gasteiger partial charge in [-0.25, -0.2) is 4.79 Å². The third-order valence-electron chi connectivity index (χ3n) is 4.57. The van der Waals surface area contributed by atoms with E-state index in [1.165, 1.54) is 6.07 Å². The van der Waals surface area contributed by atoms with Gasteiger partial charge in [0, 0.05) is 22.3 Å². The zero-order valence-electron chi connectivity index (χ0n) is 19.7. The molecule has 0 spiro atoms. The van der Waals surface area contributed by atoms with Crippen molar-refractivity contribution >= 4 is 51.1 Å². The average Bonchev–Trinajstić information content (AvgIpc) is 2.78. The van der Waals surface area contributed by atoms with Crippen LogP contribution in [-0.2, 0) is 23.9 Å². The largest absolute Gasteiger partial charge is 0.462 e. The van der Waals surface area contributed by atoms with Crippen LogP contribution in [0.3, 0.4) is 0 Å². The first-order valence-corrected chi connectivity index (χ1v) is 11.6. The second-order valence-electron chi connectivity index (χ2n) is 8.25. The van der Waals surface area contributed by atoms with Crippen LogP contribution in [-0.4, -0.2) is 37.0 Å². The predicted molar refractivity (Wildman–Crippen MR) is 133 cm³/mol. The van der Waals surface area contributed by atoms with Crippen LogP contribution in [0.15, 0.2) is 40.9 Å². The lowest BCUT2D eigenvalue weighted by atomic mass is 10.1.